The number of piperazine rings is 1. The van der Waals surface area contributed by atoms with Crippen molar-refractivity contribution in [3.05, 3.63) is 20.7 Å². The van der Waals surface area contributed by atoms with Gasteiger partial charge in [0.2, 0.25) is 5.91 Å². The van der Waals surface area contributed by atoms with Gasteiger partial charge in [-0.25, -0.2) is 0 Å². The number of hydrogen-bond acceptors (Lipinski definition) is 4. The number of alkyl halides is 3. The van der Waals surface area contributed by atoms with Gasteiger partial charge in [-0.2, -0.15) is 13.2 Å². The van der Waals surface area contributed by atoms with Gasteiger partial charge in [0.05, 0.1) is 6.54 Å². The number of halogens is 3. The van der Waals surface area contributed by atoms with Gasteiger partial charge in [0.15, 0.2) is 0 Å². The van der Waals surface area contributed by atoms with Gasteiger partial charge in [0.25, 0.3) is 0 Å². The second-order valence-corrected chi connectivity index (χ2v) is 6.14. The minimum absolute atomic E-state index is 0.0969. The van der Waals surface area contributed by atoms with Crippen LogP contribution in [0.2, 0.25) is 0 Å². The summed E-state index contributed by atoms with van der Waals surface area (Å²) in [6.45, 7) is 2.23. The van der Waals surface area contributed by atoms with Crippen molar-refractivity contribution < 1.29 is 18.0 Å². The first kappa shape index (κ1) is 17.0. The summed E-state index contributed by atoms with van der Waals surface area (Å²) in [7, 11) is 0. The van der Waals surface area contributed by atoms with Gasteiger partial charge in [-0.15, -0.1) is 0 Å². The molecule has 1 aromatic heterocycles. The van der Waals surface area contributed by atoms with Crippen molar-refractivity contribution in [2.75, 3.05) is 32.7 Å². The molecule has 2 heterocycles. The van der Waals surface area contributed by atoms with E-state index in [0.717, 1.165) is 17.0 Å². The van der Waals surface area contributed by atoms with E-state index in [4.69, 9.17) is 0 Å². The summed E-state index contributed by atoms with van der Waals surface area (Å²) in [6.07, 6.45) is -4.01. The van der Waals surface area contributed by atoms with Crippen molar-refractivity contribution >= 4 is 17.2 Å². The highest BCUT2D eigenvalue weighted by Gasteiger charge is 2.32. The Labute approximate surface area is 129 Å². The van der Waals surface area contributed by atoms with Gasteiger partial charge in [0.1, 0.15) is 0 Å². The standard InChI is InChI=1S/C13H18F3N3O2S/c1-10-8-22-12(21)19(10)3-2-11(20)18-6-4-17(5-7-18)9-13(14,15)16/h8H,2-7,9H2,1H3. The van der Waals surface area contributed by atoms with Crippen molar-refractivity contribution in [2.24, 2.45) is 0 Å². The Hall–Kier alpha value is -1.35. The maximum Gasteiger partial charge on any atom is 0.401 e. The molecule has 1 amide bonds. The third-order valence-corrected chi connectivity index (χ3v) is 4.53. The summed E-state index contributed by atoms with van der Waals surface area (Å²) in [5.74, 6) is -0.121. The van der Waals surface area contributed by atoms with Crippen LogP contribution < -0.4 is 4.87 Å². The van der Waals surface area contributed by atoms with Gasteiger partial charge >= 0.3 is 11.0 Å². The summed E-state index contributed by atoms with van der Waals surface area (Å²) < 4.78 is 38.4. The molecule has 0 atom stereocenters. The Morgan fingerprint density at radius 1 is 1.27 bits per heavy atom. The molecular formula is C13H18F3N3O2S. The van der Waals surface area contributed by atoms with Crippen molar-refractivity contribution in [3.8, 4) is 0 Å². The molecule has 0 bridgehead atoms. The van der Waals surface area contributed by atoms with Crippen LogP contribution >= 0.6 is 11.3 Å². The van der Waals surface area contributed by atoms with Crippen LogP contribution in [-0.4, -0.2) is 59.2 Å². The van der Waals surface area contributed by atoms with Gasteiger partial charge in [-0.3, -0.25) is 14.5 Å². The number of carbonyl (C=O) groups is 1. The molecule has 0 radical (unpaired) electrons. The van der Waals surface area contributed by atoms with Gasteiger partial charge in [-0.05, 0) is 6.92 Å². The van der Waals surface area contributed by atoms with Crippen LogP contribution in [0.1, 0.15) is 12.1 Å². The molecule has 0 unspecified atom stereocenters. The Bertz CT molecular complexity index is 574. The van der Waals surface area contributed by atoms with Crippen LogP contribution in [0.3, 0.4) is 0 Å². The first-order valence-electron chi connectivity index (χ1n) is 6.98. The van der Waals surface area contributed by atoms with Crippen LogP contribution in [0.25, 0.3) is 0 Å². The number of aromatic nitrogens is 1. The lowest BCUT2D eigenvalue weighted by atomic mass is 10.2. The Morgan fingerprint density at radius 2 is 1.91 bits per heavy atom. The number of thiazole rings is 1. The first-order chi connectivity index (χ1) is 10.3. The van der Waals surface area contributed by atoms with E-state index < -0.39 is 12.7 Å². The highest BCUT2D eigenvalue weighted by molar-refractivity contribution is 7.07. The third-order valence-electron chi connectivity index (χ3n) is 3.65. The van der Waals surface area contributed by atoms with Crippen LogP contribution in [0, 0.1) is 6.92 Å². The second kappa shape index (κ2) is 6.82. The smallest absolute Gasteiger partial charge is 0.340 e. The number of nitrogens with zero attached hydrogens (tertiary/aromatic N) is 3. The minimum atomic E-state index is -4.20. The summed E-state index contributed by atoms with van der Waals surface area (Å²) in [5, 5.41) is 1.74. The maximum atomic E-state index is 12.3. The molecule has 2 rings (SSSR count). The van der Waals surface area contributed by atoms with E-state index in [1.54, 1.807) is 21.8 Å². The molecule has 0 saturated carbocycles. The Morgan fingerprint density at radius 3 is 2.41 bits per heavy atom. The van der Waals surface area contributed by atoms with E-state index in [2.05, 4.69) is 0 Å². The summed E-state index contributed by atoms with van der Waals surface area (Å²) in [5.41, 5.74) is 0.817. The zero-order valence-electron chi connectivity index (χ0n) is 12.2. The predicted molar refractivity (Wildman–Crippen MR) is 77.0 cm³/mol. The van der Waals surface area contributed by atoms with Crippen LogP contribution in [0.4, 0.5) is 13.2 Å². The lowest BCUT2D eigenvalue weighted by molar-refractivity contribution is -0.151. The quantitative estimate of drug-likeness (QED) is 0.832. The molecule has 9 heteroatoms. The number of carbonyl (C=O) groups excluding carboxylic acids is 1. The van der Waals surface area contributed by atoms with E-state index in [0.29, 0.717) is 19.6 Å². The Balaban J connectivity index is 1.79. The van der Waals surface area contributed by atoms with Crippen molar-refractivity contribution in [2.45, 2.75) is 26.1 Å². The molecule has 5 nitrogen and oxygen atoms in total. The van der Waals surface area contributed by atoms with Crippen molar-refractivity contribution in [1.82, 2.24) is 14.4 Å². The van der Waals surface area contributed by atoms with E-state index in [9.17, 15) is 22.8 Å². The lowest BCUT2D eigenvalue weighted by Gasteiger charge is -2.35. The van der Waals surface area contributed by atoms with Crippen LogP contribution in [-0.2, 0) is 11.3 Å². The molecule has 1 aliphatic heterocycles. The molecule has 1 fully saturated rings. The summed E-state index contributed by atoms with van der Waals surface area (Å²) in [4.78, 5) is 26.4. The molecule has 1 aromatic rings. The van der Waals surface area contributed by atoms with E-state index >= 15 is 0 Å². The van der Waals surface area contributed by atoms with E-state index in [1.807, 2.05) is 0 Å². The number of aryl methyl sites for hydroxylation is 1. The SMILES string of the molecule is Cc1csc(=O)n1CCC(=O)N1CCN(CC(F)(F)F)CC1. The molecule has 0 spiro atoms. The molecule has 1 saturated heterocycles. The molecule has 0 N–H and O–H groups in total. The highest BCUT2D eigenvalue weighted by atomic mass is 32.1. The second-order valence-electron chi connectivity index (χ2n) is 5.32. The highest BCUT2D eigenvalue weighted by Crippen LogP contribution is 2.17. The number of rotatable bonds is 4. The molecule has 124 valence electrons. The molecular weight excluding hydrogens is 319 g/mol. The Kier molecular flexibility index (Phi) is 5.28. The summed E-state index contributed by atoms with van der Waals surface area (Å²) >= 11 is 1.09. The molecule has 0 aliphatic carbocycles. The molecule has 22 heavy (non-hydrogen) atoms. The van der Waals surface area contributed by atoms with Crippen molar-refractivity contribution in [1.29, 1.82) is 0 Å². The average molecular weight is 337 g/mol. The normalized spacial score (nSPS) is 17.0. The zero-order valence-corrected chi connectivity index (χ0v) is 13.0. The lowest BCUT2D eigenvalue weighted by Crippen LogP contribution is -2.51. The fraction of sp³-hybridized carbons (Fsp3) is 0.692. The first-order valence-corrected chi connectivity index (χ1v) is 7.86. The third kappa shape index (κ3) is 4.57. The fourth-order valence-corrected chi connectivity index (χ4v) is 3.21. The van der Waals surface area contributed by atoms with Gasteiger partial charge in [-0.1, -0.05) is 11.3 Å². The minimum Gasteiger partial charge on any atom is -0.340 e. The number of hydrogen-bond donors (Lipinski definition) is 0. The zero-order chi connectivity index (χ0) is 16.3. The maximum absolute atomic E-state index is 12.3. The molecule has 1 aliphatic rings. The van der Waals surface area contributed by atoms with Crippen LogP contribution in [0.5, 0.6) is 0 Å². The van der Waals surface area contributed by atoms with Crippen molar-refractivity contribution in [3.63, 3.8) is 0 Å². The largest absolute Gasteiger partial charge is 0.401 e. The van der Waals surface area contributed by atoms with Gasteiger partial charge in [0, 0.05) is 50.2 Å². The topological polar surface area (TPSA) is 45.6 Å². The average Bonchev–Trinajstić information content (AvgIpc) is 2.74. The number of amides is 1. The monoisotopic (exact) mass is 337 g/mol. The van der Waals surface area contributed by atoms with Crippen LogP contribution in [0.15, 0.2) is 10.2 Å². The van der Waals surface area contributed by atoms with E-state index in [-0.39, 0.29) is 30.3 Å². The predicted octanol–water partition coefficient (Wildman–Crippen LogP) is 1.31. The van der Waals surface area contributed by atoms with E-state index in [1.165, 1.54) is 4.90 Å². The van der Waals surface area contributed by atoms with Gasteiger partial charge < -0.3 is 9.47 Å². The molecule has 0 aromatic carbocycles. The summed E-state index contributed by atoms with van der Waals surface area (Å²) in [6, 6.07) is 0. The fourth-order valence-electron chi connectivity index (χ4n) is 2.45.